The average Bonchev–Trinajstić information content (AvgIpc) is 2.51. The van der Waals surface area contributed by atoms with Crippen LogP contribution in [0.1, 0.15) is 18.4 Å². The Labute approximate surface area is 122 Å². The predicted octanol–water partition coefficient (Wildman–Crippen LogP) is 2.02. The molecule has 0 aliphatic carbocycles. The molecule has 1 aromatic carbocycles. The first kappa shape index (κ1) is 15.9. The molecule has 1 aliphatic rings. The average molecular weight is 299 g/mol. The Kier molecular flexibility index (Phi) is 5.25. The number of carbonyl (C=O) groups is 1. The maximum atomic E-state index is 13.1. The van der Waals surface area contributed by atoms with Crippen molar-refractivity contribution in [3.63, 3.8) is 0 Å². The molecule has 0 amide bonds. The SMILES string of the molecule is COC(=O)C1(CNCc2ccc(F)c(F)c2)CCOCC1. The molecule has 116 valence electrons. The third kappa shape index (κ3) is 3.77. The van der Waals surface area contributed by atoms with Crippen LogP contribution in [0.5, 0.6) is 0 Å². The molecule has 1 N–H and O–H groups in total. The number of benzene rings is 1. The normalized spacial score (nSPS) is 17.5. The minimum Gasteiger partial charge on any atom is -0.469 e. The highest BCUT2D eigenvalue weighted by Gasteiger charge is 2.40. The maximum Gasteiger partial charge on any atom is 0.313 e. The fourth-order valence-corrected chi connectivity index (χ4v) is 2.53. The monoisotopic (exact) mass is 299 g/mol. The molecule has 1 heterocycles. The Balaban J connectivity index is 1.95. The van der Waals surface area contributed by atoms with Gasteiger partial charge in [0, 0.05) is 26.3 Å². The minimum absolute atomic E-state index is 0.261. The third-order valence-corrected chi connectivity index (χ3v) is 3.84. The number of nitrogens with one attached hydrogen (secondary N) is 1. The summed E-state index contributed by atoms with van der Waals surface area (Å²) < 4.78 is 36.2. The van der Waals surface area contributed by atoms with Crippen LogP contribution in [-0.4, -0.2) is 32.8 Å². The minimum atomic E-state index is -0.872. The molecule has 0 bridgehead atoms. The Bertz CT molecular complexity index is 502. The van der Waals surface area contributed by atoms with Crippen molar-refractivity contribution in [3.05, 3.63) is 35.4 Å². The van der Waals surface area contributed by atoms with Gasteiger partial charge in [0.2, 0.25) is 0 Å². The highest BCUT2D eigenvalue weighted by Crippen LogP contribution is 2.31. The van der Waals surface area contributed by atoms with E-state index in [-0.39, 0.29) is 5.97 Å². The van der Waals surface area contributed by atoms with Gasteiger partial charge in [0.15, 0.2) is 11.6 Å². The van der Waals surface area contributed by atoms with Crippen molar-refractivity contribution in [2.24, 2.45) is 5.41 Å². The number of hydrogen-bond donors (Lipinski definition) is 1. The summed E-state index contributed by atoms with van der Waals surface area (Å²) in [4.78, 5) is 12.0. The molecule has 0 radical (unpaired) electrons. The highest BCUT2D eigenvalue weighted by molar-refractivity contribution is 5.77. The molecular weight excluding hydrogens is 280 g/mol. The van der Waals surface area contributed by atoms with Crippen molar-refractivity contribution in [3.8, 4) is 0 Å². The van der Waals surface area contributed by atoms with Crippen LogP contribution in [0.2, 0.25) is 0 Å². The van der Waals surface area contributed by atoms with Crippen molar-refractivity contribution in [1.82, 2.24) is 5.32 Å². The molecule has 21 heavy (non-hydrogen) atoms. The van der Waals surface area contributed by atoms with Crippen LogP contribution in [0.3, 0.4) is 0 Å². The second-order valence-corrected chi connectivity index (χ2v) is 5.24. The second-order valence-electron chi connectivity index (χ2n) is 5.24. The van der Waals surface area contributed by atoms with Crippen LogP contribution >= 0.6 is 0 Å². The van der Waals surface area contributed by atoms with E-state index < -0.39 is 17.0 Å². The molecule has 2 rings (SSSR count). The van der Waals surface area contributed by atoms with Crippen LogP contribution in [-0.2, 0) is 20.8 Å². The van der Waals surface area contributed by atoms with E-state index in [2.05, 4.69) is 5.32 Å². The lowest BCUT2D eigenvalue weighted by molar-refractivity contribution is -0.158. The van der Waals surface area contributed by atoms with Crippen molar-refractivity contribution in [2.75, 3.05) is 26.9 Å². The first-order valence-corrected chi connectivity index (χ1v) is 6.88. The van der Waals surface area contributed by atoms with Gasteiger partial charge >= 0.3 is 5.97 Å². The molecule has 1 saturated heterocycles. The van der Waals surface area contributed by atoms with Crippen LogP contribution in [0.4, 0.5) is 8.78 Å². The van der Waals surface area contributed by atoms with Crippen LogP contribution < -0.4 is 5.32 Å². The lowest BCUT2D eigenvalue weighted by Gasteiger charge is -2.34. The van der Waals surface area contributed by atoms with Gasteiger partial charge in [-0.2, -0.15) is 0 Å². The number of esters is 1. The van der Waals surface area contributed by atoms with Crippen molar-refractivity contribution in [1.29, 1.82) is 0 Å². The number of methoxy groups -OCH3 is 1. The summed E-state index contributed by atoms with van der Waals surface area (Å²) in [6.07, 6.45) is 1.18. The Morgan fingerprint density at radius 3 is 2.67 bits per heavy atom. The highest BCUT2D eigenvalue weighted by atomic mass is 19.2. The van der Waals surface area contributed by atoms with E-state index in [0.29, 0.717) is 44.7 Å². The standard InChI is InChI=1S/C15H19F2NO3/c1-20-14(19)15(4-6-21-7-5-15)10-18-9-11-2-3-12(16)13(17)8-11/h2-3,8,18H,4-7,9-10H2,1H3. The Morgan fingerprint density at radius 2 is 2.05 bits per heavy atom. The van der Waals surface area contributed by atoms with Gasteiger partial charge in [-0.3, -0.25) is 4.79 Å². The number of ether oxygens (including phenoxy) is 2. The largest absolute Gasteiger partial charge is 0.469 e. The zero-order valence-corrected chi connectivity index (χ0v) is 12.0. The molecule has 0 unspecified atom stereocenters. The predicted molar refractivity (Wildman–Crippen MR) is 72.6 cm³/mol. The number of halogens is 2. The number of carbonyl (C=O) groups excluding carboxylic acids is 1. The van der Waals surface area contributed by atoms with Crippen molar-refractivity contribution >= 4 is 5.97 Å². The summed E-state index contributed by atoms with van der Waals surface area (Å²) in [5.74, 6) is -2.00. The second kappa shape index (κ2) is 6.95. The summed E-state index contributed by atoms with van der Waals surface area (Å²) in [5.41, 5.74) is 0.0203. The first-order chi connectivity index (χ1) is 10.1. The fourth-order valence-electron chi connectivity index (χ4n) is 2.53. The summed E-state index contributed by atoms with van der Waals surface area (Å²) in [5, 5.41) is 3.13. The summed E-state index contributed by atoms with van der Waals surface area (Å²) in [6, 6.07) is 3.76. The van der Waals surface area contributed by atoms with Crippen molar-refractivity contribution < 1.29 is 23.0 Å². The molecule has 0 saturated carbocycles. The first-order valence-electron chi connectivity index (χ1n) is 6.88. The van der Waals surface area contributed by atoms with E-state index in [9.17, 15) is 13.6 Å². The molecular formula is C15H19F2NO3. The van der Waals surface area contributed by atoms with Gasteiger partial charge in [0.05, 0.1) is 12.5 Å². The van der Waals surface area contributed by atoms with E-state index in [4.69, 9.17) is 9.47 Å². The van der Waals surface area contributed by atoms with E-state index in [0.717, 1.165) is 12.1 Å². The van der Waals surface area contributed by atoms with E-state index >= 15 is 0 Å². The lowest BCUT2D eigenvalue weighted by atomic mass is 9.80. The van der Waals surface area contributed by atoms with Gasteiger partial charge in [-0.05, 0) is 30.5 Å². The summed E-state index contributed by atoms with van der Waals surface area (Å²) >= 11 is 0. The van der Waals surface area contributed by atoms with Gasteiger partial charge in [-0.15, -0.1) is 0 Å². The fraction of sp³-hybridized carbons (Fsp3) is 0.533. The van der Waals surface area contributed by atoms with Crippen LogP contribution in [0.15, 0.2) is 18.2 Å². The molecule has 1 aromatic rings. The third-order valence-electron chi connectivity index (χ3n) is 3.84. The topological polar surface area (TPSA) is 47.6 Å². The van der Waals surface area contributed by atoms with Crippen molar-refractivity contribution in [2.45, 2.75) is 19.4 Å². The molecule has 6 heteroatoms. The van der Waals surface area contributed by atoms with Gasteiger partial charge in [-0.25, -0.2) is 8.78 Å². The molecule has 0 aromatic heterocycles. The number of rotatable bonds is 5. The smallest absolute Gasteiger partial charge is 0.313 e. The molecule has 1 fully saturated rings. The lowest BCUT2D eigenvalue weighted by Crippen LogP contribution is -2.45. The molecule has 4 nitrogen and oxygen atoms in total. The molecule has 0 atom stereocenters. The van der Waals surface area contributed by atoms with E-state index in [1.807, 2.05) is 0 Å². The Hall–Kier alpha value is -1.53. The quantitative estimate of drug-likeness (QED) is 0.845. The number of hydrogen-bond acceptors (Lipinski definition) is 4. The van der Waals surface area contributed by atoms with Crippen LogP contribution in [0.25, 0.3) is 0 Å². The summed E-state index contributed by atoms with van der Waals surface area (Å²) in [7, 11) is 1.37. The van der Waals surface area contributed by atoms with Gasteiger partial charge in [0.1, 0.15) is 0 Å². The van der Waals surface area contributed by atoms with Gasteiger partial charge in [-0.1, -0.05) is 6.07 Å². The van der Waals surface area contributed by atoms with Crippen LogP contribution in [0, 0.1) is 17.0 Å². The molecule has 0 spiro atoms. The Morgan fingerprint density at radius 1 is 1.33 bits per heavy atom. The van der Waals surface area contributed by atoms with E-state index in [1.165, 1.54) is 13.2 Å². The van der Waals surface area contributed by atoms with Gasteiger partial charge < -0.3 is 14.8 Å². The van der Waals surface area contributed by atoms with Gasteiger partial charge in [0.25, 0.3) is 0 Å². The zero-order valence-electron chi connectivity index (χ0n) is 12.0. The summed E-state index contributed by atoms with van der Waals surface area (Å²) in [6.45, 7) is 1.81. The maximum absolute atomic E-state index is 13.1. The molecule has 1 aliphatic heterocycles. The zero-order chi connectivity index (χ0) is 15.3. The van der Waals surface area contributed by atoms with E-state index in [1.54, 1.807) is 0 Å².